The first-order valence-corrected chi connectivity index (χ1v) is 4.62. The first-order chi connectivity index (χ1) is 5.41. The van der Waals surface area contributed by atoms with Gasteiger partial charge in [0.1, 0.15) is 0 Å². The quantitative estimate of drug-likeness (QED) is 0.465. The van der Waals surface area contributed by atoms with Gasteiger partial charge in [0.2, 0.25) is 0 Å². The molecule has 0 aromatic carbocycles. The molecular formula is C8H24N3+. The Labute approximate surface area is 70.5 Å². The normalized spacial score (nSPS) is 8.73. The van der Waals surface area contributed by atoms with Crippen LogP contribution in [-0.4, -0.2) is 26.2 Å². The van der Waals surface area contributed by atoms with Crippen LogP contribution < -0.4 is 16.8 Å². The highest BCUT2D eigenvalue weighted by molar-refractivity contribution is 4.46. The molecule has 0 saturated carbocycles. The van der Waals surface area contributed by atoms with Crippen molar-refractivity contribution in [2.45, 2.75) is 26.7 Å². The third-order valence-corrected chi connectivity index (χ3v) is 1.16. The van der Waals surface area contributed by atoms with E-state index in [1.165, 1.54) is 6.42 Å². The Morgan fingerprint density at radius 3 is 2.18 bits per heavy atom. The third kappa shape index (κ3) is 17.7. The molecule has 0 aromatic rings. The van der Waals surface area contributed by atoms with Gasteiger partial charge in [-0.05, 0) is 19.5 Å². The van der Waals surface area contributed by atoms with Gasteiger partial charge in [-0.3, -0.25) is 0 Å². The summed E-state index contributed by atoms with van der Waals surface area (Å²) in [6.07, 6.45) is 2.25. The van der Waals surface area contributed by atoms with Crippen molar-refractivity contribution in [3.63, 3.8) is 0 Å². The van der Waals surface area contributed by atoms with Crippen molar-refractivity contribution >= 4 is 0 Å². The summed E-state index contributed by atoms with van der Waals surface area (Å²) in [5.41, 5.74) is 9.03. The van der Waals surface area contributed by atoms with Crippen molar-refractivity contribution < 1.29 is 5.73 Å². The predicted molar refractivity (Wildman–Crippen MR) is 50.3 cm³/mol. The van der Waals surface area contributed by atoms with Gasteiger partial charge in [-0.25, -0.2) is 0 Å². The summed E-state index contributed by atoms with van der Waals surface area (Å²) in [4.78, 5) is 0. The second-order valence-electron chi connectivity index (χ2n) is 2.10. The summed E-state index contributed by atoms with van der Waals surface area (Å²) in [7, 11) is 0. The lowest BCUT2D eigenvalue weighted by Crippen LogP contribution is -2.51. The van der Waals surface area contributed by atoms with Crippen LogP contribution in [0.3, 0.4) is 0 Å². The SMILES string of the molecule is CC.NCCCNCCC[NH3+]. The van der Waals surface area contributed by atoms with Crippen LogP contribution in [0.5, 0.6) is 0 Å². The van der Waals surface area contributed by atoms with Gasteiger partial charge in [0.05, 0.1) is 6.54 Å². The molecule has 11 heavy (non-hydrogen) atoms. The van der Waals surface area contributed by atoms with Crippen LogP contribution in [0.15, 0.2) is 0 Å². The molecule has 0 radical (unpaired) electrons. The van der Waals surface area contributed by atoms with Gasteiger partial charge in [0, 0.05) is 13.0 Å². The monoisotopic (exact) mass is 162 g/mol. The van der Waals surface area contributed by atoms with E-state index in [0.717, 1.165) is 32.6 Å². The van der Waals surface area contributed by atoms with E-state index in [-0.39, 0.29) is 0 Å². The van der Waals surface area contributed by atoms with Crippen molar-refractivity contribution in [3.05, 3.63) is 0 Å². The Morgan fingerprint density at radius 1 is 1.18 bits per heavy atom. The van der Waals surface area contributed by atoms with E-state index in [9.17, 15) is 0 Å². The van der Waals surface area contributed by atoms with Crippen molar-refractivity contribution in [2.75, 3.05) is 26.2 Å². The van der Waals surface area contributed by atoms with Gasteiger partial charge >= 0.3 is 0 Å². The van der Waals surface area contributed by atoms with Gasteiger partial charge in [0.25, 0.3) is 0 Å². The minimum Gasteiger partial charge on any atom is -0.358 e. The smallest absolute Gasteiger partial charge is 0.0752 e. The zero-order valence-electron chi connectivity index (χ0n) is 8.03. The van der Waals surface area contributed by atoms with Gasteiger partial charge in [-0.15, -0.1) is 0 Å². The lowest BCUT2D eigenvalue weighted by molar-refractivity contribution is -0.367. The van der Waals surface area contributed by atoms with Gasteiger partial charge in [-0.1, -0.05) is 13.8 Å². The maximum atomic E-state index is 5.29. The van der Waals surface area contributed by atoms with Crippen LogP contribution in [-0.2, 0) is 0 Å². The molecule has 6 N–H and O–H groups in total. The molecule has 3 nitrogen and oxygen atoms in total. The fraction of sp³-hybridized carbons (Fsp3) is 1.00. The van der Waals surface area contributed by atoms with E-state index in [1.807, 2.05) is 13.8 Å². The maximum absolute atomic E-state index is 5.29. The number of nitrogens with one attached hydrogen (secondary N) is 1. The predicted octanol–water partition coefficient (Wildman–Crippen LogP) is -0.417. The van der Waals surface area contributed by atoms with E-state index >= 15 is 0 Å². The number of hydrogen-bond acceptors (Lipinski definition) is 2. The molecule has 0 saturated heterocycles. The highest BCUT2D eigenvalue weighted by Crippen LogP contribution is 1.71. The molecule has 0 aliphatic rings. The van der Waals surface area contributed by atoms with Crippen LogP contribution in [0, 0.1) is 0 Å². The molecule has 0 rings (SSSR count). The lowest BCUT2D eigenvalue weighted by Gasteiger charge is -1.99. The molecule has 0 unspecified atom stereocenters. The molecular weight excluding hydrogens is 138 g/mol. The summed E-state index contributed by atoms with van der Waals surface area (Å²) in [5.74, 6) is 0. The van der Waals surface area contributed by atoms with Gasteiger partial charge in [-0.2, -0.15) is 0 Å². The van der Waals surface area contributed by atoms with Crippen molar-refractivity contribution in [1.29, 1.82) is 0 Å². The minimum absolute atomic E-state index is 0.789. The van der Waals surface area contributed by atoms with Crippen molar-refractivity contribution in [2.24, 2.45) is 5.73 Å². The maximum Gasteiger partial charge on any atom is 0.0752 e. The van der Waals surface area contributed by atoms with E-state index in [4.69, 9.17) is 5.73 Å². The van der Waals surface area contributed by atoms with E-state index in [1.54, 1.807) is 0 Å². The molecule has 0 aromatic heterocycles. The number of rotatable bonds is 6. The summed E-state index contributed by atoms with van der Waals surface area (Å²) < 4.78 is 0. The molecule has 70 valence electrons. The number of quaternary nitrogens is 1. The Hall–Kier alpha value is -0.120. The minimum atomic E-state index is 0.789. The van der Waals surface area contributed by atoms with Crippen LogP contribution >= 0.6 is 0 Å². The molecule has 0 fully saturated rings. The average Bonchev–Trinajstić information content (AvgIpc) is 2.08. The molecule has 0 spiro atoms. The topological polar surface area (TPSA) is 65.7 Å². The molecule has 0 atom stereocenters. The van der Waals surface area contributed by atoms with Gasteiger partial charge in [0.15, 0.2) is 0 Å². The first kappa shape index (κ1) is 13.5. The summed E-state index contributed by atoms with van der Waals surface area (Å²) in [6.45, 7) is 7.95. The molecule has 3 heteroatoms. The molecule has 0 aliphatic heterocycles. The highest BCUT2D eigenvalue weighted by Gasteiger charge is 1.84. The summed E-state index contributed by atoms with van der Waals surface area (Å²) in [5, 5.41) is 3.27. The summed E-state index contributed by atoms with van der Waals surface area (Å²) in [6, 6.07) is 0. The van der Waals surface area contributed by atoms with E-state index in [2.05, 4.69) is 11.1 Å². The highest BCUT2D eigenvalue weighted by atomic mass is 14.8. The van der Waals surface area contributed by atoms with Crippen LogP contribution in [0.25, 0.3) is 0 Å². The summed E-state index contributed by atoms with van der Waals surface area (Å²) >= 11 is 0. The van der Waals surface area contributed by atoms with E-state index < -0.39 is 0 Å². The Bertz CT molecular complexity index is 42.6. The zero-order chi connectivity index (χ0) is 8.95. The second kappa shape index (κ2) is 16.5. The standard InChI is InChI=1S/C6H17N3.C2H6/c7-3-1-5-9-6-2-4-8;1-2/h9H,1-8H2;1-2H3/p+1. The second-order valence-corrected chi connectivity index (χ2v) is 2.10. The zero-order valence-corrected chi connectivity index (χ0v) is 8.03. The fourth-order valence-electron chi connectivity index (χ4n) is 0.602. The molecule has 0 amide bonds. The van der Waals surface area contributed by atoms with Crippen LogP contribution in [0.4, 0.5) is 0 Å². The van der Waals surface area contributed by atoms with Gasteiger partial charge < -0.3 is 16.8 Å². The van der Waals surface area contributed by atoms with Crippen LogP contribution in [0.1, 0.15) is 26.7 Å². The van der Waals surface area contributed by atoms with E-state index in [0.29, 0.717) is 0 Å². The molecule has 0 heterocycles. The largest absolute Gasteiger partial charge is 0.358 e. The molecule has 0 aliphatic carbocycles. The number of hydrogen-bond donors (Lipinski definition) is 3. The average molecular weight is 162 g/mol. The Morgan fingerprint density at radius 2 is 1.73 bits per heavy atom. The third-order valence-electron chi connectivity index (χ3n) is 1.16. The fourth-order valence-corrected chi connectivity index (χ4v) is 0.602. The van der Waals surface area contributed by atoms with Crippen LogP contribution in [0.2, 0.25) is 0 Å². The Balaban J connectivity index is 0. The first-order valence-electron chi connectivity index (χ1n) is 4.62. The Kier molecular flexibility index (Phi) is 20.2. The van der Waals surface area contributed by atoms with Crippen molar-refractivity contribution in [1.82, 2.24) is 5.32 Å². The molecule has 0 bridgehead atoms. The number of nitrogens with two attached hydrogens (primary N) is 1. The lowest BCUT2D eigenvalue weighted by atomic mass is 10.4. The van der Waals surface area contributed by atoms with Crippen molar-refractivity contribution in [3.8, 4) is 0 Å².